The highest BCUT2D eigenvalue weighted by Gasteiger charge is 2.15. The molecule has 10 heteroatoms. The van der Waals surface area contributed by atoms with E-state index in [2.05, 4.69) is 25.6 Å². The number of amides is 1. The molecule has 4 N–H and O–H groups in total. The second-order valence-corrected chi connectivity index (χ2v) is 7.54. The number of benzene rings is 2. The van der Waals surface area contributed by atoms with Gasteiger partial charge >= 0.3 is 0 Å². The van der Waals surface area contributed by atoms with Crippen LogP contribution in [0.1, 0.15) is 27.0 Å². The summed E-state index contributed by atoms with van der Waals surface area (Å²) >= 11 is 0. The maximum Gasteiger partial charge on any atom is 0.255 e. The van der Waals surface area contributed by atoms with E-state index in [0.717, 1.165) is 23.3 Å². The van der Waals surface area contributed by atoms with Gasteiger partial charge in [-0.3, -0.25) is 9.78 Å². The number of pyridine rings is 1. The van der Waals surface area contributed by atoms with Gasteiger partial charge in [-0.05, 0) is 29.3 Å². The molecule has 0 bridgehead atoms. The smallest absolute Gasteiger partial charge is 0.255 e. The highest BCUT2D eigenvalue weighted by atomic mass is 19.2. The number of aromatic nitrogens is 3. The quantitative estimate of drug-likeness (QED) is 0.374. The first kappa shape index (κ1) is 23.3. The molecule has 4 aromatic rings. The Morgan fingerprint density at radius 1 is 0.914 bits per heavy atom. The summed E-state index contributed by atoms with van der Waals surface area (Å²) in [6.07, 6.45) is 4.44. The van der Waals surface area contributed by atoms with Crippen molar-refractivity contribution in [2.75, 3.05) is 11.1 Å². The van der Waals surface area contributed by atoms with Crippen LogP contribution in [0.2, 0.25) is 0 Å². The van der Waals surface area contributed by atoms with Crippen molar-refractivity contribution in [3.63, 3.8) is 0 Å². The average molecular weight is 471 g/mol. The Bertz CT molecular complexity index is 1400. The fourth-order valence-electron chi connectivity index (χ4n) is 3.23. The summed E-state index contributed by atoms with van der Waals surface area (Å²) in [6, 6.07) is 14.3. The van der Waals surface area contributed by atoms with Crippen LogP contribution < -0.4 is 16.4 Å². The Labute approximate surface area is 199 Å². The van der Waals surface area contributed by atoms with Crippen LogP contribution in [0.25, 0.3) is 11.3 Å². The van der Waals surface area contributed by atoms with E-state index in [1.165, 1.54) is 24.5 Å². The Hall–Kier alpha value is -4.91. The molecule has 4 rings (SSSR count). The maximum atomic E-state index is 13.4. The lowest BCUT2D eigenvalue weighted by Crippen LogP contribution is -2.24. The number of halogens is 2. The highest BCUT2D eigenvalue weighted by molar-refractivity contribution is 5.99. The summed E-state index contributed by atoms with van der Waals surface area (Å²) < 4.78 is 26.6. The van der Waals surface area contributed by atoms with Crippen molar-refractivity contribution in [3.05, 3.63) is 101 Å². The molecular formula is C25H19F2N7O. The number of hydrogen-bond acceptors (Lipinski definition) is 7. The van der Waals surface area contributed by atoms with Gasteiger partial charge in [0.05, 0.1) is 29.2 Å². The molecule has 8 nitrogen and oxygen atoms in total. The van der Waals surface area contributed by atoms with Gasteiger partial charge < -0.3 is 16.4 Å². The summed E-state index contributed by atoms with van der Waals surface area (Å²) in [5, 5.41) is 15.0. The predicted molar refractivity (Wildman–Crippen MR) is 126 cm³/mol. The van der Waals surface area contributed by atoms with Crippen molar-refractivity contribution in [1.82, 2.24) is 20.3 Å². The Kier molecular flexibility index (Phi) is 6.88. The van der Waals surface area contributed by atoms with Crippen LogP contribution in [0, 0.1) is 23.0 Å². The van der Waals surface area contributed by atoms with Gasteiger partial charge in [-0.15, -0.1) is 0 Å². The third kappa shape index (κ3) is 5.72. The van der Waals surface area contributed by atoms with E-state index in [1.807, 2.05) is 30.3 Å². The fourth-order valence-corrected chi connectivity index (χ4v) is 3.23. The van der Waals surface area contributed by atoms with E-state index >= 15 is 0 Å². The molecule has 0 saturated heterocycles. The summed E-state index contributed by atoms with van der Waals surface area (Å²) in [6.45, 7) is 0.331. The van der Waals surface area contributed by atoms with Gasteiger partial charge in [0.25, 0.3) is 5.91 Å². The third-order valence-corrected chi connectivity index (χ3v) is 5.08. The predicted octanol–water partition coefficient (Wildman–Crippen LogP) is 3.81. The Balaban J connectivity index is 1.45. The van der Waals surface area contributed by atoms with Crippen LogP contribution in [-0.2, 0) is 13.1 Å². The fraction of sp³-hybridized carbons (Fsp3) is 0.0800. The lowest BCUT2D eigenvalue weighted by Gasteiger charge is -2.12. The summed E-state index contributed by atoms with van der Waals surface area (Å²) in [4.78, 5) is 25.3. The number of hydrogen-bond donors (Lipinski definition) is 3. The minimum Gasteiger partial charge on any atom is -0.382 e. The molecule has 0 unspecified atom stereocenters. The molecule has 0 aliphatic carbocycles. The molecule has 1 amide bonds. The normalized spacial score (nSPS) is 10.4. The molecule has 2 heterocycles. The van der Waals surface area contributed by atoms with Crippen LogP contribution in [0.5, 0.6) is 0 Å². The number of rotatable bonds is 7. The molecule has 0 spiro atoms. The zero-order chi connectivity index (χ0) is 24.8. The summed E-state index contributed by atoms with van der Waals surface area (Å²) in [5.41, 5.74) is 8.80. The highest BCUT2D eigenvalue weighted by Crippen LogP contribution is 2.19. The van der Waals surface area contributed by atoms with Gasteiger partial charge in [0.1, 0.15) is 17.7 Å². The minimum absolute atomic E-state index is 0.0260. The minimum atomic E-state index is -0.998. The van der Waals surface area contributed by atoms with Crippen molar-refractivity contribution >= 4 is 17.5 Å². The third-order valence-electron chi connectivity index (χ3n) is 5.08. The van der Waals surface area contributed by atoms with Crippen LogP contribution in [0.15, 0.2) is 67.1 Å². The average Bonchev–Trinajstić information content (AvgIpc) is 2.88. The van der Waals surface area contributed by atoms with Gasteiger partial charge in [-0.25, -0.2) is 18.7 Å². The van der Waals surface area contributed by atoms with Gasteiger partial charge in [0.2, 0.25) is 0 Å². The van der Waals surface area contributed by atoms with Crippen molar-refractivity contribution in [1.29, 1.82) is 5.26 Å². The van der Waals surface area contributed by atoms with Crippen LogP contribution in [0.3, 0.4) is 0 Å². The molecule has 2 aromatic heterocycles. The maximum absolute atomic E-state index is 13.4. The number of carbonyl (C=O) groups is 1. The van der Waals surface area contributed by atoms with E-state index in [1.54, 1.807) is 6.20 Å². The van der Waals surface area contributed by atoms with E-state index < -0.39 is 17.5 Å². The molecule has 0 aliphatic rings. The van der Waals surface area contributed by atoms with Gasteiger partial charge in [0.15, 0.2) is 11.6 Å². The van der Waals surface area contributed by atoms with Crippen molar-refractivity contribution in [3.8, 4) is 17.3 Å². The number of anilines is 2. The van der Waals surface area contributed by atoms with E-state index in [-0.39, 0.29) is 23.5 Å². The number of nitrogens with two attached hydrogens (primary N) is 1. The number of carbonyl (C=O) groups excluding carboxylic acids is 1. The molecule has 0 radical (unpaired) electrons. The number of nitrogens with zero attached hydrogens (tertiary/aromatic N) is 4. The summed E-state index contributed by atoms with van der Waals surface area (Å²) in [7, 11) is 0. The second-order valence-electron chi connectivity index (χ2n) is 7.54. The van der Waals surface area contributed by atoms with E-state index in [9.17, 15) is 18.8 Å². The first-order valence-electron chi connectivity index (χ1n) is 10.5. The molecule has 2 aromatic carbocycles. The topological polar surface area (TPSA) is 130 Å². The van der Waals surface area contributed by atoms with Crippen molar-refractivity contribution in [2.45, 2.75) is 13.1 Å². The zero-order valence-electron chi connectivity index (χ0n) is 18.3. The standard InChI is InChI=1S/C25H19F2N7O/c26-20-6-3-16(8-21(20)27)11-34-25(35)19-7-17(9-28)12-33-24(19)32-10-15-1-4-18(5-2-15)22-13-31-23(29)14-30-22/h1-8,12-14H,10-11H2,(H2,29,31)(H,32,33)(H,34,35). The molecule has 0 aliphatic heterocycles. The first-order chi connectivity index (χ1) is 16.9. The van der Waals surface area contributed by atoms with Gasteiger partial charge in [-0.1, -0.05) is 30.3 Å². The van der Waals surface area contributed by atoms with Gasteiger partial charge in [0, 0.05) is 24.8 Å². The largest absolute Gasteiger partial charge is 0.382 e. The lowest BCUT2D eigenvalue weighted by atomic mass is 10.1. The number of nitriles is 1. The monoisotopic (exact) mass is 471 g/mol. The molecule has 35 heavy (non-hydrogen) atoms. The first-order valence-corrected chi connectivity index (χ1v) is 10.5. The van der Waals surface area contributed by atoms with Crippen LogP contribution >= 0.6 is 0 Å². The SMILES string of the molecule is N#Cc1cnc(NCc2ccc(-c3cnc(N)cn3)cc2)c(C(=O)NCc2ccc(F)c(F)c2)c1. The zero-order valence-corrected chi connectivity index (χ0v) is 18.3. The van der Waals surface area contributed by atoms with E-state index in [0.29, 0.717) is 23.6 Å². The van der Waals surface area contributed by atoms with Crippen molar-refractivity contribution < 1.29 is 13.6 Å². The van der Waals surface area contributed by atoms with E-state index in [4.69, 9.17) is 5.73 Å². The summed E-state index contributed by atoms with van der Waals surface area (Å²) in [5.74, 6) is -1.86. The second kappa shape index (κ2) is 10.4. The molecule has 0 fully saturated rings. The Morgan fingerprint density at radius 3 is 2.37 bits per heavy atom. The van der Waals surface area contributed by atoms with Crippen LogP contribution in [0.4, 0.5) is 20.4 Å². The molecule has 174 valence electrons. The molecule has 0 atom stereocenters. The van der Waals surface area contributed by atoms with Crippen molar-refractivity contribution in [2.24, 2.45) is 0 Å². The number of nitrogen functional groups attached to an aromatic ring is 1. The Morgan fingerprint density at radius 2 is 1.69 bits per heavy atom. The molecular weight excluding hydrogens is 452 g/mol. The lowest BCUT2D eigenvalue weighted by molar-refractivity contribution is 0.0951. The van der Waals surface area contributed by atoms with Gasteiger partial charge in [-0.2, -0.15) is 5.26 Å². The molecule has 0 saturated carbocycles. The van der Waals surface area contributed by atoms with Crippen LogP contribution in [-0.4, -0.2) is 20.9 Å². The number of nitrogens with one attached hydrogen (secondary N) is 2.